The number of hydrogen-bond donors (Lipinski definition) is 2. The van der Waals surface area contributed by atoms with Crippen LogP contribution in [0.1, 0.15) is 12.5 Å². The molecule has 3 N–H and O–H groups in total. The minimum absolute atomic E-state index is 0.116. The van der Waals surface area contributed by atoms with Crippen molar-refractivity contribution in [2.45, 2.75) is 6.92 Å². The Kier molecular flexibility index (Phi) is 5.38. The van der Waals surface area contributed by atoms with Crippen molar-refractivity contribution >= 4 is 29.6 Å². The zero-order valence-electron chi connectivity index (χ0n) is 10.3. The van der Waals surface area contributed by atoms with Gasteiger partial charge in [0.1, 0.15) is 5.75 Å². The van der Waals surface area contributed by atoms with Gasteiger partial charge in [0.25, 0.3) is 0 Å². The largest absolute Gasteiger partial charge is 0.492 e. The highest BCUT2D eigenvalue weighted by Gasteiger charge is 2.11. The lowest BCUT2D eigenvalue weighted by Crippen LogP contribution is -2.25. The monoisotopic (exact) mass is 283 g/mol. The summed E-state index contributed by atoms with van der Waals surface area (Å²) in [5, 5.41) is 9.06. The first kappa shape index (κ1) is 15.0. The first-order valence-electron chi connectivity index (χ1n) is 5.53. The summed E-state index contributed by atoms with van der Waals surface area (Å²) in [5.74, 6) is -1.53. The van der Waals surface area contributed by atoms with Crippen molar-refractivity contribution in [3.8, 4) is 5.75 Å². The van der Waals surface area contributed by atoms with E-state index in [0.717, 1.165) is 6.08 Å². The summed E-state index contributed by atoms with van der Waals surface area (Å²) in [6.07, 6.45) is 2.36. The number of aliphatic carboxylic acids is 1. The zero-order chi connectivity index (χ0) is 14.4. The number of amides is 1. The van der Waals surface area contributed by atoms with Crippen LogP contribution >= 0.6 is 11.6 Å². The number of carboxylic acid groups (broad SMARTS) is 1. The number of carbonyl (C=O) groups is 2. The summed E-state index contributed by atoms with van der Waals surface area (Å²) in [6.45, 7) is 1.76. The Balaban J connectivity index is 2.87. The highest BCUT2D eigenvalue weighted by molar-refractivity contribution is 6.30. The Morgan fingerprint density at radius 3 is 2.79 bits per heavy atom. The lowest BCUT2D eigenvalue weighted by molar-refractivity contribution is -0.131. The first-order valence-corrected chi connectivity index (χ1v) is 5.90. The molecule has 0 radical (unpaired) electrons. The number of carbonyl (C=O) groups excluding carboxylic acids is 1. The number of hydrogen-bond acceptors (Lipinski definition) is 3. The number of benzene rings is 1. The summed E-state index contributed by atoms with van der Waals surface area (Å²) in [6, 6.07) is 4.80. The van der Waals surface area contributed by atoms with Crippen molar-refractivity contribution in [2.75, 3.05) is 6.61 Å². The molecule has 1 amide bonds. The first-order chi connectivity index (χ1) is 8.90. The average Bonchev–Trinajstić information content (AvgIpc) is 2.34. The van der Waals surface area contributed by atoms with Crippen LogP contribution in [0.4, 0.5) is 0 Å². The van der Waals surface area contributed by atoms with Gasteiger partial charge in [-0.1, -0.05) is 18.5 Å². The van der Waals surface area contributed by atoms with Gasteiger partial charge in [-0.3, -0.25) is 4.79 Å². The molecule has 1 atom stereocenters. The molecule has 102 valence electrons. The van der Waals surface area contributed by atoms with E-state index in [1.165, 1.54) is 6.08 Å². The highest BCUT2D eigenvalue weighted by Crippen LogP contribution is 2.24. The summed E-state index contributed by atoms with van der Waals surface area (Å²) in [4.78, 5) is 21.4. The molecule has 1 aromatic carbocycles. The third kappa shape index (κ3) is 5.01. The van der Waals surface area contributed by atoms with Gasteiger partial charge in [-0.25, -0.2) is 4.79 Å². The lowest BCUT2D eigenvalue weighted by atomic mass is 10.1. The molecular formula is C13H14ClNO4. The fourth-order valence-electron chi connectivity index (χ4n) is 1.24. The van der Waals surface area contributed by atoms with E-state index in [4.69, 9.17) is 27.2 Å². The topological polar surface area (TPSA) is 89.6 Å². The number of primary amides is 1. The van der Waals surface area contributed by atoms with Crippen LogP contribution in [0.3, 0.4) is 0 Å². The second-order valence-corrected chi connectivity index (χ2v) is 4.40. The number of ether oxygens (including phenoxy) is 1. The molecule has 1 aromatic rings. The van der Waals surface area contributed by atoms with Crippen molar-refractivity contribution < 1.29 is 19.4 Å². The van der Waals surface area contributed by atoms with Gasteiger partial charge in [0.05, 0.1) is 12.5 Å². The number of carboxylic acids is 1. The summed E-state index contributed by atoms with van der Waals surface area (Å²) in [7, 11) is 0. The van der Waals surface area contributed by atoms with Crippen LogP contribution < -0.4 is 10.5 Å². The molecule has 1 unspecified atom stereocenters. The molecule has 0 aliphatic rings. The Hall–Kier alpha value is -2.01. The molecule has 0 aliphatic heterocycles. The molecule has 6 heteroatoms. The molecule has 0 aliphatic carbocycles. The van der Waals surface area contributed by atoms with E-state index in [-0.39, 0.29) is 6.61 Å². The van der Waals surface area contributed by atoms with Gasteiger partial charge in [0.15, 0.2) is 0 Å². The van der Waals surface area contributed by atoms with Gasteiger partial charge in [-0.15, -0.1) is 0 Å². The molecular weight excluding hydrogens is 270 g/mol. The van der Waals surface area contributed by atoms with Crippen LogP contribution in [0.5, 0.6) is 5.75 Å². The van der Waals surface area contributed by atoms with Crippen LogP contribution in [-0.4, -0.2) is 23.6 Å². The maximum atomic E-state index is 10.9. The highest BCUT2D eigenvalue weighted by atomic mass is 35.5. The summed E-state index contributed by atoms with van der Waals surface area (Å²) < 4.78 is 5.44. The molecule has 5 nitrogen and oxygen atoms in total. The quantitative estimate of drug-likeness (QED) is 0.781. The Bertz CT molecular complexity index is 513. The molecule has 0 saturated heterocycles. The fraction of sp³-hybridized carbons (Fsp3) is 0.231. The number of nitrogens with two attached hydrogens (primary N) is 1. The van der Waals surface area contributed by atoms with Crippen molar-refractivity contribution in [1.29, 1.82) is 0 Å². The summed E-state index contributed by atoms with van der Waals surface area (Å²) in [5.41, 5.74) is 5.65. The van der Waals surface area contributed by atoms with E-state index in [2.05, 4.69) is 0 Å². The fourth-order valence-corrected chi connectivity index (χ4v) is 1.42. The SMILES string of the molecule is CC(COc1ccc(Cl)cc1/C=C/C(=O)O)C(N)=O. The van der Waals surface area contributed by atoms with Gasteiger partial charge < -0.3 is 15.6 Å². The molecule has 0 heterocycles. The van der Waals surface area contributed by atoms with E-state index in [1.54, 1.807) is 25.1 Å². The summed E-state index contributed by atoms with van der Waals surface area (Å²) >= 11 is 5.83. The second kappa shape index (κ2) is 6.80. The van der Waals surface area contributed by atoms with Crippen LogP contribution in [0.15, 0.2) is 24.3 Å². The predicted octanol–water partition coefficient (Wildman–Crippen LogP) is 1.94. The average molecular weight is 284 g/mol. The van der Waals surface area contributed by atoms with E-state index in [9.17, 15) is 9.59 Å². The number of rotatable bonds is 6. The van der Waals surface area contributed by atoms with Crippen LogP contribution in [0, 0.1) is 5.92 Å². The van der Waals surface area contributed by atoms with E-state index >= 15 is 0 Å². The standard InChI is InChI=1S/C13H14ClNO4/c1-8(13(15)18)7-19-11-4-3-10(14)6-9(11)2-5-12(16)17/h2-6,8H,7H2,1H3,(H2,15,18)(H,16,17)/b5-2+. The molecule has 19 heavy (non-hydrogen) atoms. The van der Waals surface area contributed by atoms with Gasteiger partial charge in [-0.05, 0) is 24.3 Å². The van der Waals surface area contributed by atoms with Gasteiger partial charge in [-0.2, -0.15) is 0 Å². The van der Waals surface area contributed by atoms with Crippen LogP contribution in [-0.2, 0) is 9.59 Å². The Labute approximate surface area is 115 Å². The van der Waals surface area contributed by atoms with Crippen molar-refractivity contribution in [2.24, 2.45) is 11.7 Å². The Morgan fingerprint density at radius 2 is 2.21 bits per heavy atom. The molecule has 0 spiro atoms. The van der Waals surface area contributed by atoms with Crippen LogP contribution in [0.25, 0.3) is 6.08 Å². The molecule has 1 rings (SSSR count). The minimum atomic E-state index is -1.07. The van der Waals surface area contributed by atoms with Gasteiger partial charge >= 0.3 is 5.97 Å². The van der Waals surface area contributed by atoms with Crippen molar-refractivity contribution in [3.05, 3.63) is 34.9 Å². The lowest BCUT2D eigenvalue weighted by Gasteiger charge is -2.12. The zero-order valence-corrected chi connectivity index (χ0v) is 11.1. The van der Waals surface area contributed by atoms with E-state index < -0.39 is 17.8 Å². The maximum Gasteiger partial charge on any atom is 0.328 e. The molecule has 0 bridgehead atoms. The van der Waals surface area contributed by atoms with Crippen molar-refractivity contribution in [3.63, 3.8) is 0 Å². The molecule has 0 fully saturated rings. The Morgan fingerprint density at radius 1 is 1.53 bits per heavy atom. The maximum absolute atomic E-state index is 10.9. The second-order valence-electron chi connectivity index (χ2n) is 3.97. The van der Waals surface area contributed by atoms with E-state index in [1.807, 2.05) is 0 Å². The van der Waals surface area contributed by atoms with Crippen molar-refractivity contribution in [1.82, 2.24) is 0 Å². The third-order valence-corrected chi connectivity index (χ3v) is 2.59. The smallest absolute Gasteiger partial charge is 0.328 e. The molecule has 0 aromatic heterocycles. The molecule has 0 saturated carbocycles. The van der Waals surface area contributed by atoms with Crippen LogP contribution in [0.2, 0.25) is 5.02 Å². The normalized spacial score (nSPS) is 12.3. The predicted molar refractivity (Wildman–Crippen MR) is 72.0 cm³/mol. The van der Waals surface area contributed by atoms with Gasteiger partial charge in [0, 0.05) is 16.7 Å². The minimum Gasteiger partial charge on any atom is -0.492 e. The number of halogens is 1. The van der Waals surface area contributed by atoms with Gasteiger partial charge in [0.2, 0.25) is 5.91 Å². The van der Waals surface area contributed by atoms with E-state index in [0.29, 0.717) is 16.3 Å². The third-order valence-electron chi connectivity index (χ3n) is 2.35.